The van der Waals surface area contributed by atoms with Crippen molar-refractivity contribution in [1.82, 2.24) is 15.1 Å². The van der Waals surface area contributed by atoms with E-state index in [1.54, 1.807) is 11.9 Å². The van der Waals surface area contributed by atoms with Crippen molar-refractivity contribution in [2.24, 2.45) is 0 Å². The van der Waals surface area contributed by atoms with Crippen molar-refractivity contribution in [1.29, 1.82) is 0 Å². The van der Waals surface area contributed by atoms with E-state index in [-0.39, 0.29) is 37.3 Å². The van der Waals surface area contributed by atoms with Gasteiger partial charge >= 0.3 is 0 Å². The van der Waals surface area contributed by atoms with Crippen molar-refractivity contribution in [2.45, 2.75) is 13.8 Å². The summed E-state index contributed by atoms with van der Waals surface area (Å²) in [6.07, 6.45) is 0. The first-order valence-corrected chi connectivity index (χ1v) is 8.48. The number of benzene rings is 1. The molecule has 2 rings (SSSR count). The molecule has 0 saturated carbocycles. The summed E-state index contributed by atoms with van der Waals surface area (Å²) in [7, 11) is 1.77. The molecule has 1 saturated heterocycles. The van der Waals surface area contributed by atoms with Gasteiger partial charge in [-0.2, -0.15) is 0 Å². The van der Waals surface area contributed by atoms with Gasteiger partial charge in [0.25, 0.3) is 0 Å². The number of rotatable bonds is 5. The molecular formula is C17H26Cl2N4O2. The van der Waals surface area contributed by atoms with E-state index in [4.69, 9.17) is 11.6 Å². The third kappa shape index (κ3) is 6.47. The molecule has 2 amide bonds. The van der Waals surface area contributed by atoms with Crippen LogP contribution >= 0.6 is 24.0 Å². The van der Waals surface area contributed by atoms with Crippen LogP contribution in [0.5, 0.6) is 0 Å². The van der Waals surface area contributed by atoms with Gasteiger partial charge in [0.05, 0.1) is 23.8 Å². The second-order valence-corrected chi connectivity index (χ2v) is 6.70. The van der Waals surface area contributed by atoms with E-state index in [0.29, 0.717) is 10.7 Å². The van der Waals surface area contributed by atoms with Crippen molar-refractivity contribution in [3.8, 4) is 0 Å². The third-order valence-electron chi connectivity index (χ3n) is 3.98. The molecule has 0 atom stereocenters. The Morgan fingerprint density at radius 3 is 2.48 bits per heavy atom. The Morgan fingerprint density at radius 1 is 1.24 bits per heavy atom. The van der Waals surface area contributed by atoms with E-state index < -0.39 is 0 Å². The Hall–Kier alpha value is -1.34. The van der Waals surface area contributed by atoms with Crippen LogP contribution in [-0.4, -0.2) is 67.9 Å². The summed E-state index contributed by atoms with van der Waals surface area (Å²) in [4.78, 5) is 28.0. The normalized spacial score (nSPS) is 14.2. The quantitative estimate of drug-likeness (QED) is 0.805. The monoisotopic (exact) mass is 388 g/mol. The molecule has 140 valence electrons. The van der Waals surface area contributed by atoms with Gasteiger partial charge in [0.2, 0.25) is 11.8 Å². The first-order chi connectivity index (χ1) is 11.4. The molecule has 25 heavy (non-hydrogen) atoms. The van der Waals surface area contributed by atoms with E-state index in [9.17, 15) is 9.59 Å². The molecule has 8 heteroatoms. The third-order valence-corrected chi connectivity index (χ3v) is 4.28. The minimum Gasteiger partial charge on any atom is -0.339 e. The summed E-state index contributed by atoms with van der Waals surface area (Å²) in [5, 5.41) is 6.58. The zero-order valence-corrected chi connectivity index (χ0v) is 16.5. The number of likely N-dealkylation sites (N-methyl/N-ethyl adjacent to an activating group) is 1. The first-order valence-electron chi connectivity index (χ1n) is 8.10. The largest absolute Gasteiger partial charge is 0.339 e. The van der Waals surface area contributed by atoms with Crippen LogP contribution in [0.1, 0.15) is 11.1 Å². The molecule has 0 spiro atoms. The zero-order valence-electron chi connectivity index (χ0n) is 14.9. The fourth-order valence-electron chi connectivity index (χ4n) is 2.80. The lowest BCUT2D eigenvalue weighted by Crippen LogP contribution is -2.49. The SMILES string of the molecule is Cc1cc(C)c(NC(=O)CN(C)CC(=O)N2CCNCC2)c(Cl)c1.Cl. The van der Waals surface area contributed by atoms with Crippen LogP contribution in [0.15, 0.2) is 12.1 Å². The Morgan fingerprint density at radius 2 is 1.88 bits per heavy atom. The summed E-state index contributed by atoms with van der Waals surface area (Å²) < 4.78 is 0. The molecule has 2 N–H and O–H groups in total. The number of hydrogen-bond acceptors (Lipinski definition) is 4. The van der Waals surface area contributed by atoms with Crippen LogP contribution in [-0.2, 0) is 9.59 Å². The fraction of sp³-hybridized carbons (Fsp3) is 0.529. The molecule has 1 aliphatic heterocycles. The number of nitrogens with zero attached hydrogens (tertiary/aromatic N) is 2. The number of hydrogen-bond donors (Lipinski definition) is 2. The Kier molecular flexibility index (Phi) is 8.65. The Bertz CT molecular complexity index is 596. The second-order valence-electron chi connectivity index (χ2n) is 6.29. The predicted molar refractivity (Wildman–Crippen MR) is 104 cm³/mol. The van der Waals surface area contributed by atoms with Gasteiger partial charge in [-0.05, 0) is 38.1 Å². The first kappa shape index (κ1) is 21.7. The van der Waals surface area contributed by atoms with Gasteiger partial charge in [-0.3, -0.25) is 14.5 Å². The van der Waals surface area contributed by atoms with Gasteiger partial charge in [-0.25, -0.2) is 0 Å². The number of amides is 2. The molecule has 6 nitrogen and oxygen atoms in total. The number of halogens is 2. The van der Waals surface area contributed by atoms with Crippen LogP contribution in [0, 0.1) is 13.8 Å². The number of carbonyl (C=O) groups is 2. The van der Waals surface area contributed by atoms with Crippen LogP contribution in [0.2, 0.25) is 5.02 Å². The Labute approximate surface area is 160 Å². The highest BCUT2D eigenvalue weighted by Gasteiger charge is 2.19. The van der Waals surface area contributed by atoms with E-state index in [1.165, 1.54) is 0 Å². The number of nitrogens with one attached hydrogen (secondary N) is 2. The van der Waals surface area contributed by atoms with Crippen molar-refractivity contribution < 1.29 is 9.59 Å². The van der Waals surface area contributed by atoms with Gasteiger partial charge in [0.1, 0.15) is 0 Å². The molecule has 0 radical (unpaired) electrons. The number of aryl methyl sites for hydroxylation is 2. The molecule has 1 aliphatic rings. The van der Waals surface area contributed by atoms with E-state index in [1.807, 2.05) is 30.9 Å². The molecular weight excluding hydrogens is 363 g/mol. The highest BCUT2D eigenvalue weighted by molar-refractivity contribution is 6.34. The van der Waals surface area contributed by atoms with Crippen LogP contribution in [0.3, 0.4) is 0 Å². The molecule has 0 aromatic heterocycles. The highest BCUT2D eigenvalue weighted by atomic mass is 35.5. The van der Waals surface area contributed by atoms with Crippen LogP contribution < -0.4 is 10.6 Å². The number of anilines is 1. The van der Waals surface area contributed by atoms with Crippen molar-refractivity contribution in [2.75, 3.05) is 51.6 Å². The van der Waals surface area contributed by atoms with E-state index in [2.05, 4.69) is 10.6 Å². The van der Waals surface area contributed by atoms with Crippen molar-refractivity contribution in [3.63, 3.8) is 0 Å². The van der Waals surface area contributed by atoms with Gasteiger partial charge in [0, 0.05) is 26.2 Å². The second kappa shape index (κ2) is 9.97. The lowest BCUT2D eigenvalue weighted by Gasteiger charge is -2.29. The predicted octanol–water partition coefficient (Wildman–Crippen LogP) is 1.68. The van der Waals surface area contributed by atoms with Gasteiger partial charge in [0.15, 0.2) is 0 Å². The average molecular weight is 389 g/mol. The van der Waals surface area contributed by atoms with Gasteiger partial charge < -0.3 is 15.5 Å². The lowest BCUT2D eigenvalue weighted by molar-refractivity contribution is -0.133. The smallest absolute Gasteiger partial charge is 0.238 e. The topological polar surface area (TPSA) is 64.7 Å². The minimum atomic E-state index is -0.181. The van der Waals surface area contributed by atoms with Gasteiger partial charge in [-0.15, -0.1) is 12.4 Å². The summed E-state index contributed by atoms with van der Waals surface area (Å²) in [5.41, 5.74) is 2.61. The molecule has 1 aromatic rings. The summed E-state index contributed by atoms with van der Waals surface area (Å²) in [5.74, 6) is -0.129. The standard InChI is InChI=1S/C17H25ClN4O2.ClH/c1-12-8-13(2)17(14(18)9-12)20-15(23)10-21(3)11-16(24)22-6-4-19-5-7-22;/h8-9,19H,4-7,10-11H2,1-3H3,(H,20,23);1H. The number of carbonyl (C=O) groups excluding carboxylic acids is 2. The Balaban J connectivity index is 0.00000312. The summed E-state index contributed by atoms with van der Waals surface area (Å²) >= 11 is 6.21. The van der Waals surface area contributed by atoms with Crippen molar-refractivity contribution in [3.05, 3.63) is 28.3 Å². The van der Waals surface area contributed by atoms with Gasteiger partial charge in [-0.1, -0.05) is 17.7 Å². The maximum atomic E-state index is 12.2. The lowest BCUT2D eigenvalue weighted by atomic mass is 10.1. The molecule has 0 unspecified atom stereocenters. The van der Waals surface area contributed by atoms with E-state index >= 15 is 0 Å². The molecule has 0 bridgehead atoms. The molecule has 1 heterocycles. The maximum absolute atomic E-state index is 12.2. The summed E-state index contributed by atoms with van der Waals surface area (Å²) in [6, 6.07) is 3.79. The van der Waals surface area contributed by atoms with Crippen molar-refractivity contribution >= 4 is 41.5 Å². The average Bonchev–Trinajstić information content (AvgIpc) is 2.51. The zero-order chi connectivity index (χ0) is 17.7. The molecule has 1 fully saturated rings. The number of piperazine rings is 1. The maximum Gasteiger partial charge on any atom is 0.238 e. The highest BCUT2D eigenvalue weighted by Crippen LogP contribution is 2.27. The minimum absolute atomic E-state index is 0. The molecule has 0 aliphatic carbocycles. The van der Waals surface area contributed by atoms with E-state index in [0.717, 1.165) is 37.3 Å². The van der Waals surface area contributed by atoms with Crippen LogP contribution in [0.4, 0.5) is 5.69 Å². The van der Waals surface area contributed by atoms with Crippen LogP contribution in [0.25, 0.3) is 0 Å². The molecule has 1 aromatic carbocycles. The summed E-state index contributed by atoms with van der Waals surface area (Å²) in [6.45, 7) is 7.32. The fourth-order valence-corrected chi connectivity index (χ4v) is 3.17.